The number of rotatable bonds is 76. The molecule has 17 nitrogen and oxygen atoms in total. The van der Waals surface area contributed by atoms with Gasteiger partial charge in [0.2, 0.25) is 0 Å². The van der Waals surface area contributed by atoms with E-state index in [0.717, 1.165) is 108 Å². The molecule has 0 aromatic rings. The van der Waals surface area contributed by atoms with Crippen molar-refractivity contribution in [3.05, 3.63) is 0 Å². The van der Waals surface area contributed by atoms with Gasteiger partial charge in [0.05, 0.1) is 26.4 Å². The molecule has 0 spiro atoms. The van der Waals surface area contributed by atoms with Crippen molar-refractivity contribution in [2.45, 2.75) is 420 Å². The first-order valence-electron chi connectivity index (χ1n) is 40.3. The number of phosphoric acid groups is 2. The van der Waals surface area contributed by atoms with Gasteiger partial charge in [-0.05, 0) is 43.4 Å². The van der Waals surface area contributed by atoms with Gasteiger partial charge in [0.1, 0.15) is 19.3 Å². The van der Waals surface area contributed by atoms with Crippen LogP contribution in [0.5, 0.6) is 0 Å². The van der Waals surface area contributed by atoms with Crippen LogP contribution in [0, 0.1) is 17.8 Å². The minimum Gasteiger partial charge on any atom is -0.462 e. The van der Waals surface area contributed by atoms with Crippen LogP contribution in [0.3, 0.4) is 0 Å². The fourth-order valence-electron chi connectivity index (χ4n) is 12.0. The molecule has 0 aliphatic rings. The van der Waals surface area contributed by atoms with E-state index in [1.54, 1.807) is 0 Å². The van der Waals surface area contributed by atoms with Gasteiger partial charge in [-0.3, -0.25) is 37.3 Å². The monoisotopic (exact) mass is 1420 g/mol. The lowest BCUT2D eigenvalue weighted by molar-refractivity contribution is -0.161. The van der Waals surface area contributed by atoms with Crippen LogP contribution in [0.15, 0.2) is 0 Å². The molecule has 97 heavy (non-hydrogen) atoms. The van der Waals surface area contributed by atoms with Gasteiger partial charge in [-0.2, -0.15) is 0 Å². The first-order chi connectivity index (χ1) is 46.7. The first kappa shape index (κ1) is 95.1. The average molecular weight is 1420 g/mol. The van der Waals surface area contributed by atoms with Gasteiger partial charge in [0.25, 0.3) is 0 Å². The van der Waals surface area contributed by atoms with Gasteiger partial charge < -0.3 is 33.8 Å². The van der Waals surface area contributed by atoms with E-state index < -0.39 is 97.5 Å². The van der Waals surface area contributed by atoms with Gasteiger partial charge >= 0.3 is 39.5 Å². The molecule has 0 fully saturated rings. The fourth-order valence-corrected chi connectivity index (χ4v) is 13.5. The average Bonchev–Trinajstić information content (AvgIpc) is 1.34. The Hall–Kier alpha value is -1.94. The number of hydrogen-bond donors (Lipinski definition) is 3. The van der Waals surface area contributed by atoms with Crippen LogP contribution in [0.2, 0.25) is 0 Å². The van der Waals surface area contributed by atoms with E-state index in [1.807, 2.05) is 0 Å². The summed E-state index contributed by atoms with van der Waals surface area (Å²) >= 11 is 0. The highest BCUT2D eigenvalue weighted by Gasteiger charge is 2.30. The second kappa shape index (κ2) is 68.5. The van der Waals surface area contributed by atoms with E-state index in [1.165, 1.54) is 205 Å². The summed E-state index contributed by atoms with van der Waals surface area (Å²) in [5, 5.41) is 10.6. The topological polar surface area (TPSA) is 237 Å². The molecule has 576 valence electrons. The molecule has 2 unspecified atom stereocenters. The van der Waals surface area contributed by atoms with Crippen LogP contribution in [0.4, 0.5) is 0 Å². The molecule has 0 rings (SSSR count). The normalized spacial score (nSPS) is 14.0. The Morgan fingerprint density at radius 3 is 0.701 bits per heavy atom. The number of carbonyl (C=O) groups excluding carboxylic acids is 4. The summed E-state index contributed by atoms with van der Waals surface area (Å²) in [6.45, 7) is 11.8. The number of phosphoric ester groups is 2. The Labute approximate surface area is 594 Å². The highest BCUT2D eigenvalue weighted by molar-refractivity contribution is 7.47. The molecule has 0 heterocycles. The molecule has 0 aromatic carbocycles. The lowest BCUT2D eigenvalue weighted by Crippen LogP contribution is -2.30. The van der Waals surface area contributed by atoms with Crippen molar-refractivity contribution < 1.29 is 80.2 Å². The minimum absolute atomic E-state index is 0.105. The molecule has 0 aromatic heterocycles. The predicted octanol–water partition coefficient (Wildman–Crippen LogP) is 23.0. The van der Waals surface area contributed by atoms with Crippen molar-refractivity contribution in [1.82, 2.24) is 0 Å². The Morgan fingerprint density at radius 1 is 0.278 bits per heavy atom. The largest absolute Gasteiger partial charge is 0.472 e. The van der Waals surface area contributed by atoms with Gasteiger partial charge in [0.15, 0.2) is 12.2 Å². The summed E-state index contributed by atoms with van der Waals surface area (Å²) in [6, 6.07) is 0. The van der Waals surface area contributed by atoms with Gasteiger partial charge in [-0.1, -0.05) is 350 Å². The van der Waals surface area contributed by atoms with Crippen LogP contribution < -0.4 is 0 Å². The zero-order chi connectivity index (χ0) is 71.6. The minimum atomic E-state index is -4.96. The molecule has 0 aliphatic carbocycles. The first-order valence-corrected chi connectivity index (χ1v) is 43.3. The van der Waals surface area contributed by atoms with Gasteiger partial charge in [-0.25, -0.2) is 9.13 Å². The summed E-state index contributed by atoms with van der Waals surface area (Å²) in [4.78, 5) is 72.9. The van der Waals surface area contributed by atoms with Crippen LogP contribution in [0.25, 0.3) is 0 Å². The highest BCUT2D eigenvalue weighted by atomic mass is 31.2. The number of esters is 4. The molecule has 0 saturated heterocycles. The quantitative estimate of drug-likeness (QED) is 0.0222. The van der Waals surface area contributed by atoms with Crippen molar-refractivity contribution in [3.8, 4) is 0 Å². The second-order valence-electron chi connectivity index (χ2n) is 29.5. The van der Waals surface area contributed by atoms with Crippen molar-refractivity contribution in [1.29, 1.82) is 0 Å². The highest BCUT2D eigenvalue weighted by Crippen LogP contribution is 2.45. The molecule has 0 aliphatic heterocycles. The SMILES string of the molecule is CCCCCCCCCCCCCCCCCCCC(=O)OC[C@H](COP(=O)(O)OC[C@@H](O)COP(=O)(O)OC[C@@H](COC(=O)CCCCCCCCC(C)C)OC(=O)CCCCCCCCCCCCC(C)C)OC(=O)CCCCCCCCCCCCCCCCCC(C)C. The molecule has 5 atom stereocenters. The Balaban J connectivity index is 5.23. The summed E-state index contributed by atoms with van der Waals surface area (Å²) < 4.78 is 68.6. The summed E-state index contributed by atoms with van der Waals surface area (Å²) in [6.07, 6.45) is 55.7. The molecule has 19 heteroatoms. The summed E-state index contributed by atoms with van der Waals surface area (Å²) in [5.74, 6) is 0.117. The van der Waals surface area contributed by atoms with Crippen molar-refractivity contribution in [2.24, 2.45) is 17.8 Å². The summed E-state index contributed by atoms with van der Waals surface area (Å²) in [7, 11) is -9.91. The van der Waals surface area contributed by atoms with E-state index in [4.69, 9.17) is 37.0 Å². The van der Waals surface area contributed by atoms with Crippen LogP contribution in [-0.4, -0.2) is 96.7 Å². The summed E-state index contributed by atoms with van der Waals surface area (Å²) in [5.41, 5.74) is 0. The van der Waals surface area contributed by atoms with Gasteiger partial charge in [-0.15, -0.1) is 0 Å². The predicted molar refractivity (Wildman–Crippen MR) is 395 cm³/mol. The van der Waals surface area contributed by atoms with Gasteiger partial charge in [0, 0.05) is 25.7 Å². The third kappa shape index (κ3) is 72.2. The number of aliphatic hydroxyl groups is 1. The lowest BCUT2D eigenvalue weighted by Gasteiger charge is -2.21. The molecular formula is C78H152O17P2. The Bertz CT molecular complexity index is 1890. The lowest BCUT2D eigenvalue weighted by atomic mass is 10.0. The molecule has 0 radical (unpaired) electrons. The Morgan fingerprint density at radius 2 is 0.474 bits per heavy atom. The molecule has 0 bridgehead atoms. The molecular weight excluding hydrogens is 1270 g/mol. The van der Waals surface area contributed by atoms with Crippen molar-refractivity contribution in [3.63, 3.8) is 0 Å². The standard InChI is InChI=1S/C78H152O17P2/c1-8-9-10-11-12-13-14-15-16-17-20-23-26-32-37-45-52-59-75(80)88-65-73(94-77(82)61-54-47-38-33-27-24-21-18-19-22-25-30-35-42-49-56-69(2)3)67-92-96(84,85)90-63-72(79)64-91-97(86,87)93-68-74(66-89-76(81)60-53-46-41-40-44-51-58-71(6)7)95-78(83)62-55-48-39-34-29-28-31-36-43-50-57-70(4)5/h69-74,79H,8-68H2,1-7H3,(H,84,85)(H,86,87)/t72-,73-,74-/m1/s1. The Kier molecular flexibility index (Phi) is 67.1. The van der Waals surface area contributed by atoms with Crippen molar-refractivity contribution >= 4 is 39.5 Å². The maximum absolute atomic E-state index is 13.1. The zero-order valence-electron chi connectivity index (χ0n) is 63.5. The number of aliphatic hydroxyl groups excluding tert-OH is 1. The van der Waals surface area contributed by atoms with E-state index in [2.05, 4.69) is 48.5 Å². The van der Waals surface area contributed by atoms with E-state index in [-0.39, 0.29) is 25.7 Å². The molecule has 0 amide bonds. The smallest absolute Gasteiger partial charge is 0.462 e. The van der Waals surface area contributed by atoms with Crippen LogP contribution in [0.1, 0.15) is 402 Å². The molecule has 3 N–H and O–H groups in total. The zero-order valence-corrected chi connectivity index (χ0v) is 65.3. The number of ether oxygens (including phenoxy) is 4. The van der Waals surface area contributed by atoms with Crippen LogP contribution in [-0.2, 0) is 65.4 Å². The number of hydrogen-bond acceptors (Lipinski definition) is 15. The maximum Gasteiger partial charge on any atom is 0.472 e. The number of unbranched alkanes of at least 4 members (excludes halogenated alkanes) is 44. The third-order valence-corrected chi connectivity index (χ3v) is 20.0. The van der Waals surface area contributed by atoms with Crippen LogP contribution >= 0.6 is 15.6 Å². The second-order valence-corrected chi connectivity index (χ2v) is 32.4. The van der Waals surface area contributed by atoms with E-state index >= 15 is 0 Å². The number of carbonyl (C=O) groups is 4. The van der Waals surface area contributed by atoms with E-state index in [9.17, 15) is 43.2 Å². The van der Waals surface area contributed by atoms with E-state index in [0.29, 0.717) is 31.6 Å². The third-order valence-electron chi connectivity index (χ3n) is 18.1. The fraction of sp³-hybridized carbons (Fsp3) is 0.949. The van der Waals surface area contributed by atoms with Crippen molar-refractivity contribution in [2.75, 3.05) is 39.6 Å². The molecule has 0 saturated carbocycles. The maximum atomic E-state index is 13.1.